The Labute approximate surface area is 78.2 Å². The van der Waals surface area contributed by atoms with Crippen molar-refractivity contribution >= 4 is 0 Å². The van der Waals surface area contributed by atoms with Crippen LogP contribution in [0.15, 0.2) is 24.0 Å². The molecule has 2 fully saturated rings. The molecule has 2 nitrogen and oxygen atoms in total. The first-order chi connectivity index (χ1) is 6.33. The molecule has 0 N–H and O–H groups in total. The molecule has 1 heterocycles. The fraction of sp³-hybridized carbons (Fsp3) is 0.636. The second-order valence-corrected chi connectivity index (χ2v) is 4.24. The lowest BCUT2D eigenvalue weighted by Gasteiger charge is -2.18. The summed E-state index contributed by atoms with van der Waals surface area (Å²) in [6.45, 7) is 4.65. The van der Waals surface area contributed by atoms with Crippen molar-refractivity contribution in [1.82, 2.24) is 0 Å². The quantitative estimate of drug-likeness (QED) is 0.617. The van der Waals surface area contributed by atoms with Crippen LogP contribution >= 0.6 is 0 Å². The lowest BCUT2D eigenvalue weighted by Crippen LogP contribution is -2.17. The van der Waals surface area contributed by atoms with Crippen molar-refractivity contribution in [3.05, 3.63) is 24.0 Å². The minimum Gasteiger partial charge on any atom is -0.493 e. The van der Waals surface area contributed by atoms with E-state index in [1.54, 1.807) is 0 Å². The zero-order valence-electron chi connectivity index (χ0n) is 7.66. The van der Waals surface area contributed by atoms with E-state index < -0.39 is 0 Å². The number of allylic oxidation sites excluding steroid dienone is 2. The maximum Gasteiger partial charge on any atom is 0.126 e. The second-order valence-electron chi connectivity index (χ2n) is 4.24. The SMILES string of the molecule is C=C1C=C1OCC1CCC2OC2C1. The van der Waals surface area contributed by atoms with Gasteiger partial charge in [0.15, 0.2) is 0 Å². The Morgan fingerprint density at radius 3 is 3.00 bits per heavy atom. The van der Waals surface area contributed by atoms with Crippen LogP contribution in [0.2, 0.25) is 0 Å². The van der Waals surface area contributed by atoms with Crippen LogP contribution in [0.25, 0.3) is 0 Å². The fourth-order valence-electron chi connectivity index (χ4n) is 2.10. The number of hydrogen-bond donors (Lipinski definition) is 0. The highest BCUT2D eigenvalue weighted by Gasteiger charge is 2.44. The first-order valence-corrected chi connectivity index (χ1v) is 5.02. The van der Waals surface area contributed by atoms with E-state index in [0.29, 0.717) is 18.1 Å². The van der Waals surface area contributed by atoms with Crippen LogP contribution in [0.1, 0.15) is 19.3 Å². The standard InChI is InChI=1S/C11H14O2/c1-7-4-10(7)12-6-8-2-3-9-11(5-8)13-9/h4,8-9,11H,1-3,5-6H2. The van der Waals surface area contributed by atoms with Crippen molar-refractivity contribution in [2.75, 3.05) is 6.61 Å². The highest BCUT2D eigenvalue weighted by molar-refractivity contribution is 5.50. The van der Waals surface area contributed by atoms with Crippen molar-refractivity contribution in [1.29, 1.82) is 0 Å². The lowest BCUT2D eigenvalue weighted by molar-refractivity contribution is 0.161. The van der Waals surface area contributed by atoms with E-state index in [-0.39, 0.29) is 0 Å². The van der Waals surface area contributed by atoms with Crippen LogP contribution < -0.4 is 0 Å². The monoisotopic (exact) mass is 178 g/mol. The van der Waals surface area contributed by atoms with Gasteiger partial charge in [-0.15, -0.1) is 0 Å². The van der Waals surface area contributed by atoms with E-state index in [1.807, 2.05) is 6.08 Å². The highest BCUT2D eigenvalue weighted by Crippen LogP contribution is 2.40. The summed E-state index contributed by atoms with van der Waals surface area (Å²) in [4.78, 5) is 0. The molecule has 70 valence electrons. The Bertz CT molecular complexity index is 280. The van der Waals surface area contributed by atoms with Gasteiger partial charge in [-0.2, -0.15) is 0 Å². The van der Waals surface area contributed by atoms with Gasteiger partial charge in [0.2, 0.25) is 0 Å². The topological polar surface area (TPSA) is 21.8 Å². The second kappa shape index (κ2) is 2.61. The first kappa shape index (κ1) is 7.63. The van der Waals surface area contributed by atoms with Gasteiger partial charge in [-0.1, -0.05) is 6.58 Å². The summed E-state index contributed by atoms with van der Waals surface area (Å²) in [5, 5.41) is 0. The van der Waals surface area contributed by atoms with Gasteiger partial charge in [0.05, 0.1) is 18.8 Å². The average molecular weight is 178 g/mol. The summed E-state index contributed by atoms with van der Waals surface area (Å²) >= 11 is 0. The number of fused-ring (bicyclic) bond motifs is 1. The van der Waals surface area contributed by atoms with Crippen molar-refractivity contribution in [2.45, 2.75) is 31.5 Å². The smallest absolute Gasteiger partial charge is 0.126 e. The first-order valence-electron chi connectivity index (χ1n) is 5.02. The molecule has 0 aromatic carbocycles. The Morgan fingerprint density at radius 1 is 1.46 bits per heavy atom. The molecule has 3 atom stereocenters. The molecular weight excluding hydrogens is 164 g/mol. The Balaban J connectivity index is 1.44. The van der Waals surface area contributed by atoms with Crippen molar-refractivity contribution in [3.8, 4) is 0 Å². The van der Waals surface area contributed by atoms with E-state index in [1.165, 1.54) is 19.3 Å². The molecule has 0 amide bonds. The molecule has 1 saturated heterocycles. The molecule has 3 aliphatic rings. The Hall–Kier alpha value is -0.760. The van der Waals surface area contributed by atoms with Crippen LogP contribution in [-0.2, 0) is 9.47 Å². The predicted octanol–water partition coefficient (Wildman–Crippen LogP) is 2.02. The number of rotatable bonds is 3. The predicted molar refractivity (Wildman–Crippen MR) is 49.2 cm³/mol. The Morgan fingerprint density at radius 2 is 2.31 bits per heavy atom. The molecule has 13 heavy (non-hydrogen) atoms. The molecular formula is C11H14O2. The normalized spacial score (nSPS) is 40.8. The van der Waals surface area contributed by atoms with Crippen LogP contribution in [0, 0.1) is 5.92 Å². The fourth-order valence-corrected chi connectivity index (χ4v) is 2.10. The van der Waals surface area contributed by atoms with Crippen LogP contribution in [0.4, 0.5) is 0 Å². The van der Waals surface area contributed by atoms with Crippen LogP contribution in [-0.4, -0.2) is 18.8 Å². The average Bonchev–Trinajstić information content (AvgIpc) is 2.97. The van der Waals surface area contributed by atoms with Gasteiger partial charge in [0.25, 0.3) is 0 Å². The summed E-state index contributed by atoms with van der Waals surface area (Å²) < 4.78 is 11.0. The summed E-state index contributed by atoms with van der Waals surface area (Å²) in [7, 11) is 0. The van der Waals surface area contributed by atoms with E-state index in [9.17, 15) is 0 Å². The number of epoxide rings is 1. The summed E-state index contributed by atoms with van der Waals surface area (Å²) in [5.41, 5.74) is 1.07. The van der Waals surface area contributed by atoms with Gasteiger partial charge in [-0.05, 0) is 31.3 Å². The third kappa shape index (κ3) is 1.51. The van der Waals surface area contributed by atoms with E-state index in [4.69, 9.17) is 9.47 Å². The van der Waals surface area contributed by atoms with E-state index >= 15 is 0 Å². The lowest BCUT2D eigenvalue weighted by atomic mass is 9.90. The molecule has 1 saturated carbocycles. The van der Waals surface area contributed by atoms with Gasteiger partial charge in [-0.25, -0.2) is 0 Å². The third-order valence-corrected chi connectivity index (χ3v) is 3.13. The maximum absolute atomic E-state index is 5.58. The molecule has 0 spiro atoms. The molecule has 0 radical (unpaired) electrons. The zero-order valence-corrected chi connectivity index (χ0v) is 7.66. The van der Waals surface area contributed by atoms with Gasteiger partial charge < -0.3 is 9.47 Å². The van der Waals surface area contributed by atoms with Crippen LogP contribution in [0.5, 0.6) is 0 Å². The highest BCUT2D eigenvalue weighted by atomic mass is 16.6. The van der Waals surface area contributed by atoms with Crippen molar-refractivity contribution < 1.29 is 9.47 Å². The van der Waals surface area contributed by atoms with Gasteiger partial charge in [-0.3, -0.25) is 0 Å². The minimum absolute atomic E-state index is 0.568. The molecule has 1 aliphatic heterocycles. The van der Waals surface area contributed by atoms with Crippen molar-refractivity contribution in [3.63, 3.8) is 0 Å². The van der Waals surface area contributed by atoms with E-state index in [0.717, 1.165) is 17.9 Å². The maximum atomic E-state index is 5.58. The largest absolute Gasteiger partial charge is 0.493 e. The zero-order chi connectivity index (χ0) is 8.84. The molecule has 2 aliphatic carbocycles. The number of ether oxygens (including phenoxy) is 2. The molecule has 0 aromatic rings. The van der Waals surface area contributed by atoms with E-state index in [2.05, 4.69) is 6.58 Å². The van der Waals surface area contributed by atoms with Gasteiger partial charge in [0, 0.05) is 5.57 Å². The third-order valence-electron chi connectivity index (χ3n) is 3.13. The van der Waals surface area contributed by atoms with Crippen molar-refractivity contribution in [2.24, 2.45) is 5.92 Å². The molecule has 2 heteroatoms. The van der Waals surface area contributed by atoms with Gasteiger partial charge in [0.1, 0.15) is 5.76 Å². The molecule has 3 rings (SSSR count). The molecule has 3 unspecified atom stereocenters. The Kier molecular flexibility index (Phi) is 1.53. The summed E-state index contributed by atoms with van der Waals surface area (Å²) in [6, 6.07) is 0. The minimum atomic E-state index is 0.568. The summed E-state index contributed by atoms with van der Waals surface area (Å²) in [5.74, 6) is 1.72. The number of hydrogen-bond acceptors (Lipinski definition) is 2. The molecule has 0 bridgehead atoms. The van der Waals surface area contributed by atoms with Gasteiger partial charge >= 0.3 is 0 Å². The summed E-state index contributed by atoms with van der Waals surface area (Å²) in [6.07, 6.45) is 6.86. The molecule has 0 aromatic heterocycles. The van der Waals surface area contributed by atoms with Crippen LogP contribution in [0.3, 0.4) is 0 Å².